The molecule has 2 unspecified atom stereocenters. The monoisotopic (exact) mass is 239 g/mol. The van der Waals surface area contributed by atoms with Crippen molar-refractivity contribution < 1.29 is 9.50 Å². The molecular weight excluding hydrogens is 217 g/mol. The topological polar surface area (TPSA) is 23.5 Å². The van der Waals surface area contributed by atoms with Gasteiger partial charge in [-0.05, 0) is 37.7 Å². The van der Waals surface area contributed by atoms with Gasteiger partial charge >= 0.3 is 0 Å². The average molecular weight is 239 g/mol. The highest BCUT2D eigenvalue weighted by atomic mass is 19.1. The Morgan fingerprint density at radius 1 is 1.29 bits per heavy atom. The second kappa shape index (κ2) is 6.12. The molecule has 2 nitrogen and oxygen atoms in total. The van der Waals surface area contributed by atoms with E-state index in [1.807, 2.05) is 25.1 Å². The van der Waals surface area contributed by atoms with E-state index in [0.29, 0.717) is 5.92 Å². The fourth-order valence-electron chi connectivity index (χ4n) is 2.29. The SMILES string of the molecule is CC(C)C(CO)C(c1cccc(F)c1)N(C)C. The van der Waals surface area contributed by atoms with Crippen molar-refractivity contribution in [3.8, 4) is 0 Å². The van der Waals surface area contributed by atoms with E-state index in [1.54, 1.807) is 12.1 Å². The van der Waals surface area contributed by atoms with Crippen LogP contribution in [-0.2, 0) is 0 Å². The molecule has 0 aliphatic carbocycles. The third-order valence-electron chi connectivity index (χ3n) is 3.22. The number of aliphatic hydroxyl groups is 1. The molecule has 0 fully saturated rings. The summed E-state index contributed by atoms with van der Waals surface area (Å²) in [6.07, 6.45) is 0. The Morgan fingerprint density at radius 2 is 1.94 bits per heavy atom. The average Bonchev–Trinajstić information content (AvgIpc) is 2.24. The zero-order chi connectivity index (χ0) is 13.0. The van der Waals surface area contributed by atoms with Crippen molar-refractivity contribution in [1.82, 2.24) is 4.90 Å². The molecule has 0 spiro atoms. The van der Waals surface area contributed by atoms with E-state index in [0.717, 1.165) is 5.56 Å². The molecule has 1 aromatic carbocycles. The van der Waals surface area contributed by atoms with Crippen molar-refractivity contribution in [3.63, 3.8) is 0 Å². The molecule has 96 valence electrons. The lowest BCUT2D eigenvalue weighted by molar-refractivity contribution is 0.1000. The molecule has 1 N–H and O–H groups in total. The molecule has 0 aliphatic rings. The number of aliphatic hydroxyl groups excluding tert-OH is 1. The van der Waals surface area contributed by atoms with Gasteiger partial charge in [0.25, 0.3) is 0 Å². The number of benzene rings is 1. The Kier molecular flexibility index (Phi) is 5.09. The molecule has 1 rings (SSSR count). The number of hydrogen-bond donors (Lipinski definition) is 1. The highest BCUT2D eigenvalue weighted by molar-refractivity contribution is 5.21. The quantitative estimate of drug-likeness (QED) is 0.854. The van der Waals surface area contributed by atoms with E-state index < -0.39 is 0 Å². The summed E-state index contributed by atoms with van der Waals surface area (Å²) in [4.78, 5) is 2.04. The van der Waals surface area contributed by atoms with E-state index in [4.69, 9.17) is 0 Å². The Morgan fingerprint density at radius 3 is 2.35 bits per heavy atom. The van der Waals surface area contributed by atoms with E-state index in [-0.39, 0.29) is 24.4 Å². The van der Waals surface area contributed by atoms with E-state index >= 15 is 0 Å². The summed E-state index contributed by atoms with van der Waals surface area (Å²) in [5, 5.41) is 9.53. The number of nitrogens with zero attached hydrogens (tertiary/aromatic N) is 1. The number of rotatable bonds is 5. The Hall–Kier alpha value is -0.930. The molecule has 1 aromatic rings. The summed E-state index contributed by atoms with van der Waals surface area (Å²) in [6, 6.07) is 6.67. The summed E-state index contributed by atoms with van der Waals surface area (Å²) in [5.74, 6) is 0.220. The van der Waals surface area contributed by atoms with Crippen molar-refractivity contribution in [2.24, 2.45) is 11.8 Å². The van der Waals surface area contributed by atoms with Crippen molar-refractivity contribution in [1.29, 1.82) is 0 Å². The van der Waals surface area contributed by atoms with Crippen molar-refractivity contribution in [3.05, 3.63) is 35.6 Å². The second-order valence-corrected chi connectivity index (χ2v) is 5.05. The third-order valence-corrected chi connectivity index (χ3v) is 3.22. The van der Waals surface area contributed by atoms with Gasteiger partial charge in [-0.15, -0.1) is 0 Å². The Bertz CT molecular complexity index is 352. The Labute approximate surface area is 103 Å². The molecule has 0 saturated heterocycles. The van der Waals surface area contributed by atoms with E-state index in [1.165, 1.54) is 6.07 Å². The van der Waals surface area contributed by atoms with Crippen molar-refractivity contribution >= 4 is 0 Å². The first-order valence-electron chi connectivity index (χ1n) is 6.00. The zero-order valence-electron chi connectivity index (χ0n) is 11.0. The van der Waals surface area contributed by atoms with Gasteiger partial charge in [0.2, 0.25) is 0 Å². The summed E-state index contributed by atoms with van der Waals surface area (Å²) < 4.78 is 13.3. The minimum Gasteiger partial charge on any atom is -0.396 e. The highest BCUT2D eigenvalue weighted by Gasteiger charge is 2.27. The van der Waals surface area contributed by atoms with Crippen LogP contribution in [0.3, 0.4) is 0 Å². The molecule has 0 amide bonds. The van der Waals surface area contributed by atoms with Crippen LogP contribution in [0.2, 0.25) is 0 Å². The smallest absolute Gasteiger partial charge is 0.123 e. The first kappa shape index (κ1) is 14.1. The largest absolute Gasteiger partial charge is 0.396 e. The van der Waals surface area contributed by atoms with Gasteiger partial charge in [0.1, 0.15) is 5.82 Å². The van der Waals surface area contributed by atoms with Gasteiger partial charge in [-0.3, -0.25) is 0 Å². The lowest BCUT2D eigenvalue weighted by atomic mass is 9.84. The molecule has 0 bridgehead atoms. The summed E-state index contributed by atoms with van der Waals surface area (Å²) in [5.41, 5.74) is 0.919. The standard InChI is InChI=1S/C14H22FNO/c1-10(2)13(9-17)14(16(3)4)11-6-5-7-12(15)8-11/h5-8,10,13-14,17H,9H2,1-4H3. The summed E-state index contributed by atoms with van der Waals surface area (Å²) in [6.45, 7) is 4.27. The molecule has 0 aromatic heterocycles. The van der Waals surface area contributed by atoms with Crippen LogP contribution in [0.4, 0.5) is 4.39 Å². The van der Waals surface area contributed by atoms with Gasteiger partial charge in [-0.1, -0.05) is 26.0 Å². The first-order chi connectivity index (χ1) is 7.97. The second-order valence-electron chi connectivity index (χ2n) is 5.05. The predicted molar refractivity (Wildman–Crippen MR) is 68.2 cm³/mol. The van der Waals surface area contributed by atoms with Crippen LogP contribution in [0.25, 0.3) is 0 Å². The lowest BCUT2D eigenvalue weighted by Crippen LogP contribution is -2.32. The van der Waals surface area contributed by atoms with Gasteiger partial charge in [0.05, 0.1) is 0 Å². The molecule has 2 atom stereocenters. The summed E-state index contributed by atoms with van der Waals surface area (Å²) in [7, 11) is 3.92. The minimum atomic E-state index is -0.227. The fraction of sp³-hybridized carbons (Fsp3) is 0.571. The maximum Gasteiger partial charge on any atom is 0.123 e. The lowest BCUT2D eigenvalue weighted by Gasteiger charge is -2.34. The van der Waals surface area contributed by atoms with Crippen LogP contribution in [0.5, 0.6) is 0 Å². The van der Waals surface area contributed by atoms with Crippen LogP contribution in [0.15, 0.2) is 24.3 Å². The molecule has 3 heteroatoms. The Balaban J connectivity index is 3.08. The van der Waals surface area contributed by atoms with E-state index in [9.17, 15) is 9.50 Å². The zero-order valence-corrected chi connectivity index (χ0v) is 11.0. The van der Waals surface area contributed by atoms with Gasteiger partial charge in [0.15, 0.2) is 0 Å². The van der Waals surface area contributed by atoms with Gasteiger partial charge in [-0.2, -0.15) is 0 Å². The maximum atomic E-state index is 13.3. The molecular formula is C14H22FNO. The predicted octanol–water partition coefficient (Wildman–Crippen LogP) is 2.69. The molecule has 17 heavy (non-hydrogen) atoms. The molecule has 0 heterocycles. The van der Waals surface area contributed by atoms with Crippen molar-refractivity contribution in [2.75, 3.05) is 20.7 Å². The van der Waals surface area contributed by atoms with E-state index in [2.05, 4.69) is 13.8 Å². The van der Waals surface area contributed by atoms with Crippen LogP contribution < -0.4 is 0 Å². The third kappa shape index (κ3) is 3.51. The number of hydrogen-bond acceptors (Lipinski definition) is 2. The highest BCUT2D eigenvalue weighted by Crippen LogP contribution is 2.31. The van der Waals surface area contributed by atoms with Crippen LogP contribution in [0.1, 0.15) is 25.5 Å². The van der Waals surface area contributed by atoms with Crippen LogP contribution in [0, 0.1) is 17.7 Å². The first-order valence-corrected chi connectivity index (χ1v) is 6.00. The van der Waals surface area contributed by atoms with Gasteiger partial charge < -0.3 is 10.0 Å². The van der Waals surface area contributed by atoms with Crippen LogP contribution >= 0.6 is 0 Å². The molecule has 0 saturated carbocycles. The minimum absolute atomic E-state index is 0.0377. The molecule has 0 aliphatic heterocycles. The number of halogens is 1. The van der Waals surface area contributed by atoms with Crippen molar-refractivity contribution in [2.45, 2.75) is 19.9 Å². The van der Waals surface area contributed by atoms with Gasteiger partial charge in [-0.25, -0.2) is 4.39 Å². The normalized spacial score (nSPS) is 15.3. The van der Waals surface area contributed by atoms with Crippen LogP contribution in [-0.4, -0.2) is 30.7 Å². The maximum absolute atomic E-state index is 13.3. The summed E-state index contributed by atoms with van der Waals surface area (Å²) >= 11 is 0. The van der Waals surface area contributed by atoms with Gasteiger partial charge in [0, 0.05) is 18.6 Å². The fourth-order valence-corrected chi connectivity index (χ4v) is 2.29. The molecule has 0 radical (unpaired) electrons.